The Labute approximate surface area is 173 Å². The van der Waals surface area contributed by atoms with Crippen LogP contribution in [0.1, 0.15) is 12.8 Å². The van der Waals surface area contributed by atoms with Crippen LogP contribution in [0.5, 0.6) is 0 Å². The third-order valence-corrected chi connectivity index (χ3v) is 7.75. The number of carbonyl (C=O) groups is 1. The van der Waals surface area contributed by atoms with Gasteiger partial charge in [0.15, 0.2) is 0 Å². The van der Waals surface area contributed by atoms with Crippen molar-refractivity contribution in [3.8, 4) is 0 Å². The van der Waals surface area contributed by atoms with Crippen molar-refractivity contribution in [1.29, 1.82) is 0 Å². The number of hydrogen-bond donors (Lipinski definition) is 0. The molecule has 1 aromatic heterocycles. The molecule has 3 heterocycles. The second kappa shape index (κ2) is 7.17. The van der Waals surface area contributed by atoms with E-state index in [9.17, 15) is 17.6 Å². The second-order valence-corrected chi connectivity index (χ2v) is 9.64. The van der Waals surface area contributed by atoms with E-state index in [2.05, 4.69) is 4.98 Å². The topological polar surface area (TPSA) is 75.5 Å². The Hall–Kier alpha value is -2.78. The molecule has 30 heavy (non-hydrogen) atoms. The van der Waals surface area contributed by atoms with Crippen molar-refractivity contribution in [1.82, 2.24) is 13.9 Å². The standard InChI is InChI=1S/C21H21FN4O3S/c22-16-7-9-17(10-8-16)30(28,29)24-11-3-4-15(14-24)20(27)26-13-12-25-19-6-2-1-5-18(19)23-21(25)26/h1-2,5-10,15H,3-4,11-14H2/t15-/m0/s1. The highest BCUT2D eigenvalue weighted by atomic mass is 32.2. The van der Waals surface area contributed by atoms with Crippen molar-refractivity contribution in [2.24, 2.45) is 5.92 Å². The zero-order valence-electron chi connectivity index (χ0n) is 16.2. The third kappa shape index (κ3) is 3.09. The van der Waals surface area contributed by atoms with Gasteiger partial charge < -0.3 is 4.57 Å². The molecule has 1 amide bonds. The van der Waals surface area contributed by atoms with Crippen molar-refractivity contribution >= 4 is 32.9 Å². The van der Waals surface area contributed by atoms with Gasteiger partial charge in [-0.2, -0.15) is 4.31 Å². The molecule has 0 unspecified atom stereocenters. The van der Waals surface area contributed by atoms with E-state index in [0.29, 0.717) is 38.4 Å². The zero-order chi connectivity index (χ0) is 20.9. The highest BCUT2D eigenvalue weighted by Crippen LogP contribution is 2.31. The first-order valence-corrected chi connectivity index (χ1v) is 11.4. The van der Waals surface area contributed by atoms with Crippen LogP contribution < -0.4 is 4.90 Å². The van der Waals surface area contributed by atoms with E-state index < -0.39 is 21.8 Å². The van der Waals surface area contributed by atoms with E-state index in [1.165, 1.54) is 16.4 Å². The molecule has 2 aliphatic heterocycles. The van der Waals surface area contributed by atoms with E-state index in [0.717, 1.165) is 23.2 Å². The number of benzene rings is 2. The smallest absolute Gasteiger partial charge is 0.243 e. The highest BCUT2D eigenvalue weighted by molar-refractivity contribution is 7.89. The van der Waals surface area contributed by atoms with Gasteiger partial charge >= 0.3 is 0 Å². The Bertz CT molecular complexity index is 1220. The molecule has 3 aromatic rings. The van der Waals surface area contributed by atoms with Gasteiger partial charge in [0.05, 0.1) is 21.8 Å². The lowest BCUT2D eigenvalue weighted by atomic mass is 9.98. The number of aromatic nitrogens is 2. The summed E-state index contributed by atoms with van der Waals surface area (Å²) in [7, 11) is -3.77. The maximum Gasteiger partial charge on any atom is 0.243 e. The molecular weight excluding hydrogens is 407 g/mol. The number of fused-ring (bicyclic) bond motifs is 3. The monoisotopic (exact) mass is 428 g/mol. The third-order valence-electron chi connectivity index (χ3n) is 5.87. The van der Waals surface area contributed by atoms with Gasteiger partial charge in [0.1, 0.15) is 5.82 Å². The van der Waals surface area contributed by atoms with E-state index in [1.807, 2.05) is 28.8 Å². The van der Waals surface area contributed by atoms with Gasteiger partial charge in [-0.3, -0.25) is 9.69 Å². The molecule has 1 saturated heterocycles. The van der Waals surface area contributed by atoms with E-state index in [1.54, 1.807) is 4.90 Å². The number of piperidine rings is 1. The first kappa shape index (κ1) is 19.2. The van der Waals surface area contributed by atoms with Crippen molar-refractivity contribution < 1.29 is 17.6 Å². The van der Waals surface area contributed by atoms with Gasteiger partial charge in [0.25, 0.3) is 0 Å². The van der Waals surface area contributed by atoms with Crippen molar-refractivity contribution in [2.75, 3.05) is 24.5 Å². The number of amides is 1. The van der Waals surface area contributed by atoms with Gasteiger partial charge in [0, 0.05) is 26.2 Å². The van der Waals surface area contributed by atoms with Crippen molar-refractivity contribution in [2.45, 2.75) is 24.3 Å². The summed E-state index contributed by atoms with van der Waals surface area (Å²) in [6.07, 6.45) is 1.23. The van der Waals surface area contributed by atoms with Crippen LogP contribution in [0.15, 0.2) is 53.4 Å². The minimum atomic E-state index is -3.77. The number of para-hydroxylation sites is 2. The van der Waals surface area contributed by atoms with E-state index >= 15 is 0 Å². The molecule has 0 N–H and O–H groups in total. The lowest BCUT2D eigenvalue weighted by molar-refractivity contribution is -0.123. The van der Waals surface area contributed by atoms with Gasteiger partial charge in [0.2, 0.25) is 21.9 Å². The number of rotatable bonds is 3. The number of imidazole rings is 1. The van der Waals surface area contributed by atoms with Crippen LogP contribution in [0.4, 0.5) is 10.3 Å². The Morgan fingerprint density at radius 2 is 1.80 bits per heavy atom. The van der Waals surface area contributed by atoms with Crippen LogP contribution in [-0.2, 0) is 21.4 Å². The van der Waals surface area contributed by atoms with Crippen LogP contribution >= 0.6 is 0 Å². The number of halogens is 1. The fraction of sp³-hybridized carbons (Fsp3) is 0.333. The maximum absolute atomic E-state index is 13.3. The Kier molecular flexibility index (Phi) is 4.59. The first-order valence-electron chi connectivity index (χ1n) is 9.97. The van der Waals surface area contributed by atoms with Crippen LogP contribution in [0, 0.1) is 11.7 Å². The molecular formula is C21H21FN4O3S. The largest absolute Gasteiger partial charge is 0.308 e. The molecule has 1 fully saturated rings. The van der Waals surface area contributed by atoms with Gasteiger partial charge in [-0.25, -0.2) is 17.8 Å². The minimum absolute atomic E-state index is 0.0416. The van der Waals surface area contributed by atoms with E-state index in [-0.39, 0.29) is 17.3 Å². The first-order chi connectivity index (χ1) is 14.4. The normalized spacial score (nSPS) is 19.9. The lowest BCUT2D eigenvalue weighted by Gasteiger charge is -2.32. The molecule has 0 saturated carbocycles. The average Bonchev–Trinajstić information content (AvgIpc) is 3.33. The maximum atomic E-state index is 13.3. The molecule has 0 radical (unpaired) electrons. The summed E-state index contributed by atoms with van der Waals surface area (Å²) >= 11 is 0. The SMILES string of the molecule is O=C([C@H]1CCCN(S(=O)(=O)c2ccc(F)cc2)C1)N1CCn2c1nc1ccccc12. The molecule has 5 rings (SSSR count). The quantitative estimate of drug-likeness (QED) is 0.643. The zero-order valence-corrected chi connectivity index (χ0v) is 17.1. The van der Waals surface area contributed by atoms with Crippen LogP contribution in [0.3, 0.4) is 0 Å². The predicted molar refractivity (Wildman–Crippen MR) is 110 cm³/mol. The molecule has 7 nitrogen and oxygen atoms in total. The van der Waals surface area contributed by atoms with Gasteiger partial charge in [-0.1, -0.05) is 12.1 Å². The molecule has 2 aliphatic rings. The van der Waals surface area contributed by atoms with Crippen LogP contribution in [0.25, 0.3) is 11.0 Å². The summed E-state index contributed by atoms with van der Waals surface area (Å²) in [6, 6.07) is 12.6. The number of sulfonamides is 1. The molecule has 1 atom stereocenters. The van der Waals surface area contributed by atoms with Crippen LogP contribution in [0.2, 0.25) is 0 Å². The Balaban J connectivity index is 1.38. The lowest BCUT2D eigenvalue weighted by Crippen LogP contribution is -2.46. The molecule has 0 aliphatic carbocycles. The summed E-state index contributed by atoms with van der Waals surface area (Å²) in [6.45, 7) is 1.68. The molecule has 9 heteroatoms. The Morgan fingerprint density at radius 3 is 2.60 bits per heavy atom. The highest BCUT2D eigenvalue weighted by Gasteiger charge is 2.38. The fourth-order valence-corrected chi connectivity index (χ4v) is 5.86. The van der Waals surface area contributed by atoms with Gasteiger partial charge in [-0.15, -0.1) is 0 Å². The summed E-state index contributed by atoms with van der Waals surface area (Å²) in [5.74, 6) is -0.388. The molecule has 0 bridgehead atoms. The number of anilines is 1. The summed E-state index contributed by atoms with van der Waals surface area (Å²) in [4.78, 5) is 19.6. The average molecular weight is 428 g/mol. The summed E-state index contributed by atoms with van der Waals surface area (Å²) in [5, 5.41) is 0. The Morgan fingerprint density at radius 1 is 1.03 bits per heavy atom. The summed E-state index contributed by atoms with van der Waals surface area (Å²) in [5.41, 5.74) is 1.83. The van der Waals surface area contributed by atoms with Gasteiger partial charge in [-0.05, 0) is 49.2 Å². The molecule has 2 aromatic carbocycles. The molecule has 0 spiro atoms. The predicted octanol–water partition coefficient (Wildman–Crippen LogP) is 2.62. The minimum Gasteiger partial charge on any atom is -0.308 e. The molecule has 156 valence electrons. The fourth-order valence-electron chi connectivity index (χ4n) is 4.34. The summed E-state index contributed by atoms with van der Waals surface area (Å²) < 4.78 is 42.5. The van der Waals surface area contributed by atoms with E-state index in [4.69, 9.17) is 0 Å². The van der Waals surface area contributed by atoms with Crippen LogP contribution in [-0.4, -0.2) is 47.8 Å². The number of nitrogens with zero attached hydrogens (tertiary/aromatic N) is 4. The number of carbonyl (C=O) groups excluding carboxylic acids is 1. The number of hydrogen-bond acceptors (Lipinski definition) is 4. The second-order valence-electron chi connectivity index (χ2n) is 7.70. The van der Waals surface area contributed by atoms with Crippen molar-refractivity contribution in [3.05, 3.63) is 54.3 Å². The van der Waals surface area contributed by atoms with Crippen molar-refractivity contribution in [3.63, 3.8) is 0 Å².